The van der Waals surface area contributed by atoms with Crippen LogP contribution < -0.4 is 5.73 Å². The van der Waals surface area contributed by atoms with E-state index in [0.29, 0.717) is 11.8 Å². The van der Waals surface area contributed by atoms with Crippen LogP contribution in [0.25, 0.3) is 0 Å². The highest BCUT2D eigenvalue weighted by Crippen LogP contribution is 2.41. The van der Waals surface area contributed by atoms with Gasteiger partial charge >= 0.3 is 0 Å². The van der Waals surface area contributed by atoms with Crippen molar-refractivity contribution in [3.05, 3.63) is 57.2 Å². The van der Waals surface area contributed by atoms with E-state index in [4.69, 9.17) is 17.3 Å². The van der Waals surface area contributed by atoms with E-state index in [9.17, 15) is 0 Å². The molecule has 3 atom stereocenters. The molecule has 0 aliphatic heterocycles. The molecule has 0 saturated heterocycles. The molecular formula is C16H20ClNS. The molecule has 0 spiro atoms. The summed E-state index contributed by atoms with van der Waals surface area (Å²) < 4.78 is 0. The molecule has 19 heavy (non-hydrogen) atoms. The van der Waals surface area contributed by atoms with Gasteiger partial charge in [-0.1, -0.05) is 62.2 Å². The van der Waals surface area contributed by atoms with Crippen LogP contribution in [-0.2, 0) is 0 Å². The van der Waals surface area contributed by atoms with Crippen molar-refractivity contribution in [3.8, 4) is 0 Å². The van der Waals surface area contributed by atoms with Crippen LogP contribution in [0.2, 0.25) is 5.02 Å². The molecule has 1 aromatic heterocycles. The van der Waals surface area contributed by atoms with Gasteiger partial charge in [0.15, 0.2) is 0 Å². The zero-order valence-electron chi connectivity index (χ0n) is 11.3. The standard InChI is InChI=1S/C16H20ClNS/c1-3-11(2)14(12-7-5-4-6-8-12)15(18)16-13(17)9-10-19-16/h4-11,14-15H,3,18H2,1-2H3. The molecule has 0 aliphatic carbocycles. The summed E-state index contributed by atoms with van der Waals surface area (Å²) in [5, 5.41) is 2.80. The normalized spacial score (nSPS) is 16.0. The maximum atomic E-state index is 6.52. The van der Waals surface area contributed by atoms with E-state index in [1.807, 2.05) is 17.5 Å². The second-order valence-corrected chi connectivity index (χ2v) is 6.34. The van der Waals surface area contributed by atoms with Crippen LogP contribution in [0.4, 0.5) is 0 Å². The third-order valence-electron chi connectivity index (χ3n) is 3.78. The van der Waals surface area contributed by atoms with Gasteiger partial charge in [-0.3, -0.25) is 0 Å². The highest BCUT2D eigenvalue weighted by molar-refractivity contribution is 7.10. The van der Waals surface area contributed by atoms with E-state index in [2.05, 4.69) is 38.1 Å². The Labute approximate surface area is 124 Å². The Hall–Kier alpha value is -0.830. The fourth-order valence-corrected chi connectivity index (χ4v) is 3.76. The van der Waals surface area contributed by atoms with Crippen LogP contribution in [0, 0.1) is 5.92 Å². The number of halogens is 1. The minimum atomic E-state index is -0.0372. The molecule has 3 unspecified atom stereocenters. The Morgan fingerprint density at radius 1 is 1.21 bits per heavy atom. The quantitative estimate of drug-likeness (QED) is 0.802. The summed E-state index contributed by atoms with van der Waals surface area (Å²) in [4.78, 5) is 1.09. The number of rotatable bonds is 5. The Balaban J connectivity index is 2.36. The van der Waals surface area contributed by atoms with Crippen molar-refractivity contribution in [2.24, 2.45) is 11.7 Å². The van der Waals surface area contributed by atoms with Gasteiger partial charge in [0.1, 0.15) is 0 Å². The average Bonchev–Trinajstić information content (AvgIpc) is 2.86. The highest BCUT2D eigenvalue weighted by atomic mass is 35.5. The number of hydrogen-bond acceptors (Lipinski definition) is 2. The van der Waals surface area contributed by atoms with Crippen molar-refractivity contribution in [1.82, 2.24) is 0 Å². The van der Waals surface area contributed by atoms with Crippen LogP contribution in [0.15, 0.2) is 41.8 Å². The van der Waals surface area contributed by atoms with Crippen LogP contribution in [0.3, 0.4) is 0 Å². The lowest BCUT2D eigenvalue weighted by Crippen LogP contribution is -2.24. The third-order valence-corrected chi connectivity index (χ3v) is 5.24. The van der Waals surface area contributed by atoms with Crippen molar-refractivity contribution in [3.63, 3.8) is 0 Å². The predicted octanol–water partition coefficient (Wildman–Crippen LogP) is 5.23. The number of nitrogens with two attached hydrogens (primary N) is 1. The molecule has 1 nitrogen and oxygen atoms in total. The average molecular weight is 294 g/mol. The van der Waals surface area contributed by atoms with Gasteiger partial charge in [0, 0.05) is 16.8 Å². The fourth-order valence-electron chi connectivity index (χ4n) is 2.53. The van der Waals surface area contributed by atoms with Crippen LogP contribution >= 0.6 is 22.9 Å². The fraction of sp³-hybridized carbons (Fsp3) is 0.375. The molecule has 1 aromatic carbocycles. The van der Waals surface area contributed by atoms with Crippen LogP contribution in [0.1, 0.15) is 42.7 Å². The minimum absolute atomic E-state index is 0.0372. The first-order valence-electron chi connectivity index (χ1n) is 6.68. The molecule has 2 rings (SSSR count). The minimum Gasteiger partial charge on any atom is -0.323 e. The molecule has 0 amide bonds. The first kappa shape index (κ1) is 14.6. The maximum absolute atomic E-state index is 6.52. The largest absolute Gasteiger partial charge is 0.323 e. The third kappa shape index (κ3) is 3.19. The van der Waals surface area contributed by atoms with Gasteiger partial charge in [0.25, 0.3) is 0 Å². The maximum Gasteiger partial charge on any atom is 0.0561 e. The summed E-state index contributed by atoms with van der Waals surface area (Å²) in [6.45, 7) is 4.47. The van der Waals surface area contributed by atoms with E-state index in [1.54, 1.807) is 11.3 Å². The summed E-state index contributed by atoms with van der Waals surface area (Å²) in [7, 11) is 0. The lowest BCUT2D eigenvalue weighted by Gasteiger charge is -2.29. The summed E-state index contributed by atoms with van der Waals surface area (Å²) in [6.07, 6.45) is 1.11. The van der Waals surface area contributed by atoms with Gasteiger partial charge in [-0.15, -0.1) is 11.3 Å². The SMILES string of the molecule is CCC(C)C(c1ccccc1)C(N)c1sccc1Cl. The molecule has 0 radical (unpaired) electrons. The van der Waals surface area contributed by atoms with Crippen molar-refractivity contribution in [2.45, 2.75) is 32.2 Å². The van der Waals surface area contributed by atoms with Gasteiger partial charge in [-0.25, -0.2) is 0 Å². The number of thiophene rings is 1. The van der Waals surface area contributed by atoms with Crippen LogP contribution in [0.5, 0.6) is 0 Å². The van der Waals surface area contributed by atoms with E-state index in [-0.39, 0.29) is 6.04 Å². The molecule has 102 valence electrons. The van der Waals surface area contributed by atoms with Gasteiger partial charge in [0.05, 0.1) is 5.02 Å². The molecular weight excluding hydrogens is 274 g/mol. The van der Waals surface area contributed by atoms with Crippen molar-refractivity contribution < 1.29 is 0 Å². The smallest absolute Gasteiger partial charge is 0.0561 e. The van der Waals surface area contributed by atoms with E-state index in [1.165, 1.54) is 5.56 Å². The molecule has 1 heterocycles. The zero-order chi connectivity index (χ0) is 13.8. The second kappa shape index (κ2) is 6.56. The lowest BCUT2D eigenvalue weighted by atomic mass is 9.80. The first-order chi connectivity index (χ1) is 9.15. The lowest BCUT2D eigenvalue weighted by molar-refractivity contribution is 0.391. The summed E-state index contributed by atoms with van der Waals surface area (Å²) >= 11 is 7.90. The van der Waals surface area contributed by atoms with E-state index in [0.717, 1.165) is 16.3 Å². The molecule has 2 N–H and O–H groups in total. The molecule has 0 fully saturated rings. The van der Waals surface area contributed by atoms with Gasteiger partial charge < -0.3 is 5.73 Å². The Kier molecular flexibility index (Phi) is 5.03. The van der Waals surface area contributed by atoms with E-state index >= 15 is 0 Å². The zero-order valence-corrected chi connectivity index (χ0v) is 12.9. The monoisotopic (exact) mass is 293 g/mol. The Bertz CT molecular complexity index is 508. The first-order valence-corrected chi connectivity index (χ1v) is 7.94. The molecule has 0 bridgehead atoms. The van der Waals surface area contributed by atoms with Gasteiger partial charge in [-0.05, 0) is 22.9 Å². The van der Waals surface area contributed by atoms with Crippen molar-refractivity contribution >= 4 is 22.9 Å². The number of hydrogen-bond donors (Lipinski definition) is 1. The summed E-state index contributed by atoms with van der Waals surface area (Å²) in [6, 6.07) is 12.4. The molecule has 3 heteroatoms. The van der Waals surface area contributed by atoms with Crippen LogP contribution in [-0.4, -0.2) is 0 Å². The summed E-state index contributed by atoms with van der Waals surface area (Å²) in [5.74, 6) is 0.831. The topological polar surface area (TPSA) is 26.0 Å². The predicted molar refractivity (Wildman–Crippen MR) is 84.9 cm³/mol. The highest BCUT2D eigenvalue weighted by Gasteiger charge is 2.28. The number of benzene rings is 1. The Morgan fingerprint density at radius 2 is 1.89 bits per heavy atom. The van der Waals surface area contributed by atoms with Crippen molar-refractivity contribution in [1.29, 1.82) is 0 Å². The van der Waals surface area contributed by atoms with Crippen molar-refractivity contribution in [2.75, 3.05) is 0 Å². The molecule has 2 aromatic rings. The molecule has 0 aliphatic rings. The summed E-state index contributed by atoms with van der Waals surface area (Å²) in [5.41, 5.74) is 7.82. The van der Waals surface area contributed by atoms with Gasteiger partial charge in [-0.2, -0.15) is 0 Å². The van der Waals surface area contributed by atoms with E-state index < -0.39 is 0 Å². The second-order valence-electron chi connectivity index (χ2n) is 4.98. The van der Waals surface area contributed by atoms with Gasteiger partial charge in [0.2, 0.25) is 0 Å². The molecule has 0 saturated carbocycles. The Morgan fingerprint density at radius 3 is 2.42 bits per heavy atom.